The molecule has 1 aliphatic heterocycles. The fourth-order valence-electron chi connectivity index (χ4n) is 1.48. The Kier molecular flexibility index (Phi) is 3.11. The Balaban J connectivity index is 2.18. The van der Waals surface area contributed by atoms with Crippen LogP contribution in [0.4, 0.5) is 0 Å². The minimum Gasteiger partial charge on any atom is -0.488 e. The summed E-state index contributed by atoms with van der Waals surface area (Å²) in [5.41, 5.74) is 0. The summed E-state index contributed by atoms with van der Waals surface area (Å²) in [7, 11) is -8.15. The van der Waals surface area contributed by atoms with Gasteiger partial charge in [-0.05, 0) is 12.1 Å². The van der Waals surface area contributed by atoms with Crippen molar-refractivity contribution in [3.8, 4) is 5.75 Å². The molecule has 0 N–H and O–H groups in total. The number of rotatable bonds is 2. The van der Waals surface area contributed by atoms with Crippen LogP contribution in [0.1, 0.15) is 0 Å². The van der Waals surface area contributed by atoms with E-state index in [0.29, 0.717) is 5.75 Å². The summed E-state index contributed by atoms with van der Waals surface area (Å²) in [4.78, 5) is 0. The highest BCUT2D eigenvalue weighted by molar-refractivity contribution is 8.00. The van der Waals surface area contributed by atoms with Crippen LogP contribution in [-0.4, -0.2) is 34.4 Å². The summed E-state index contributed by atoms with van der Waals surface area (Å²) in [6, 6.07) is 8.42. The van der Waals surface area contributed by atoms with Gasteiger partial charge in [0.15, 0.2) is 0 Å². The molecule has 8 heteroatoms. The molecule has 1 aromatic carbocycles. The van der Waals surface area contributed by atoms with E-state index < -0.39 is 37.8 Å². The smallest absolute Gasteiger partial charge is 0.285 e. The number of para-hydroxylation sites is 1. The second-order valence-electron chi connectivity index (χ2n) is 3.57. The summed E-state index contributed by atoms with van der Waals surface area (Å²) in [5.74, 6) is -0.521. The predicted octanol–water partition coefficient (Wildman–Crippen LogP) is 0.124. The molecule has 0 spiro atoms. The first-order valence-electron chi connectivity index (χ1n) is 4.74. The first kappa shape index (κ1) is 12.3. The Labute approximate surface area is 99.4 Å². The monoisotopic (exact) mass is 278 g/mol. The van der Waals surface area contributed by atoms with E-state index in [1.807, 2.05) is 0 Å². The third kappa shape index (κ3) is 3.42. The van der Waals surface area contributed by atoms with E-state index in [0.717, 1.165) is 0 Å². The summed E-state index contributed by atoms with van der Waals surface area (Å²) >= 11 is 0. The van der Waals surface area contributed by atoms with Crippen LogP contribution < -0.4 is 4.74 Å². The molecular weight excluding hydrogens is 268 g/mol. The van der Waals surface area contributed by atoms with Crippen LogP contribution in [0.25, 0.3) is 0 Å². The Morgan fingerprint density at radius 3 is 2.06 bits per heavy atom. The molecule has 6 nitrogen and oxygen atoms in total. The fourth-order valence-corrected chi connectivity index (χ4v) is 4.62. The van der Waals surface area contributed by atoms with Gasteiger partial charge in [0.2, 0.25) is 0 Å². The Hall–Kier alpha value is -1.12. The van der Waals surface area contributed by atoms with Gasteiger partial charge in [0.05, 0.1) is 0 Å². The number of ether oxygens (including phenoxy) is 1. The summed E-state index contributed by atoms with van der Waals surface area (Å²) < 4.78 is 54.0. The predicted molar refractivity (Wildman–Crippen MR) is 59.5 cm³/mol. The van der Waals surface area contributed by atoms with Gasteiger partial charge in [-0.2, -0.15) is 16.8 Å². The van der Waals surface area contributed by atoms with Gasteiger partial charge in [-0.15, -0.1) is 3.63 Å². The molecule has 0 bridgehead atoms. The lowest BCUT2D eigenvalue weighted by molar-refractivity contribution is 0.234. The zero-order valence-corrected chi connectivity index (χ0v) is 10.3. The lowest BCUT2D eigenvalue weighted by Crippen LogP contribution is -2.41. The Bertz CT molecular complexity index is 556. The molecule has 0 saturated carbocycles. The van der Waals surface area contributed by atoms with Crippen molar-refractivity contribution in [2.75, 3.05) is 11.5 Å². The molecule has 0 atom stereocenters. The highest BCUT2D eigenvalue weighted by Crippen LogP contribution is 2.19. The van der Waals surface area contributed by atoms with Crippen LogP contribution in [0.15, 0.2) is 30.3 Å². The number of benzene rings is 1. The second-order valence-corrected chi connectivity index (χ2v) is 7.01. The first-order chi connectivity index (χ1) is 7.86. The third-order valence-electron chi connectivity index (χ3n) is 2.03. The van der Waals surface area contributed by atoms with Crippen LogP contribution in [0.2, 0.25) is 0 Å². The van der Waals surface area contributed by atoms with Gasteiger partial charge in [0.25, 0.3) is 20.2 Å². The molecule has 1 fully saturated rings. The van der Waals surface area contributed by atoms with Gasteiger partial charge in [0, 0.05) is 0 Å². The van der Waals surface area contributed by atoms with E-state index in [1.54, 1.807) is 30.3 Å². The molecular formula is C9H10O6S2. The minimum absolute atomic E-state index is 0.421. The molecule has 0 unspecified atom stereocenters. The standard InChI is InChI=1S/C9H10O6S2/c10-16(11)6-9(7-17(12,13)15-16)14-8-4-2-1-3-5-8/h1-5,9H,6-7H2. The molecule has 1 saturated heterocycles. The van der Waals surface area contributed by atoms with E-state index in [4.69, 9.17) is 4.74 Å². The van der Waals surface area contributed by atoms with Crippen molar-refractivity contribution in [2.45, 2.75) is 6.10 Å². The van der Waals surface area contributed by atoms with Gasteiger partial charge < -0.3 is 4.74 Å². The zero-order valence-electron chi connectivity index (χ0n) is 8.64. The van der Waals surface area contributed by atoms with Gasteiger partial charge in [-0.25, -0.2) is 0 Å². The van der Waals surface area contributed by atoms with Crippen LogP contribution in [0, 0.1) is 0 Å². The summed E-state index contributed by atoms with van der Waals surface area (Å²) in [5, 5.41) is 0. The average Bonchev–Trinajstić information content (AvgIpc) is 2.13. The zero-order chi connectivity index (χ0) is 12.5. The lowest BCUT2D eigenvalue weighted by atomic mass is 10.3. The largest absolute Gasteiger partial charge is 0.488 e. The maximum absolute atomic E-state index is 11.2. The maximum atomic E-state index is 11.2. The molecule has 2 rings (SSSR count). The molecule has 94 valence electrons. The van der Waals surface area contributed by atoms with Gasteiger partial charge >= 0.3 is 0 Å². The molecule has 17 heavy (non-hydrogen) atoms. The molecule has 0 aromatic heterocycles. The number of hydrogen-bond donors (Lipinski definition) is 0. The van der Waals surface area contributed by atoms with Gasteiger partial charge in [0.1, 0.15) is 23.4 Å². The van der Waals surface area contributed by atoms with Crippen molar-refractivity contribution < 1.29 is 25.2 Å². The van der Waals surface area contributed by atoms with Crippen LogP contribution in [0.3, 0.4) is 0 Å². The minimum atomic E-state index is -4.07. The third-order valence-corrected chi connectivity index (χ3v) is 5.25. The van der Waals surface area contributed by atoms with Crippen molar-refractivity contribution in [3.05, 3.63) is 30.3 Å². The van der Waals surface area contributed by atoms with Gasteiger partial charge in [-0.3, -0.25) is 0 Å². The maximum Gasteiger partial charge on any atom is 0.285 e. The highest BCUT2D eigenvalue weighted by atomic mass is 32.3. The van der Waals surface area contributed by atoms with E-state index in [9.17, 15) is 16.8 Å². The Morgan fingerprint density at radius 1 is 1.00 bits per heavy atom. The van der Waals surface area contributed by atoms with Crippen molar-refractivity contribution in [1.29, 1.82) is 0 Å². The van der Waals surface area contributed by atoms with E-state index in [2.05, 4.69) is 3.63 Å². The molecule has 0 aliphatic carbocycles. The molecule has 1 heterocycles. The molecule has 0 radical (unpaired) electrons. The van der Waals surface area contributed by atoms with Gasteiger partial charge in [-0.1, -0.05) is 18.2 Å². The second kappa shape index (κ2) is 4.28. The van der Waals surface area contributed by atoms with Crippen molar-refractivity contribution in [2.24, 2.45) is 0 Å². The van der Waals surface area contributed by atoms with Crippen LogP contribution in [-0.2, 0) is 23.9 Å². The molecule has 1 aliphatic rings. The summed E-state index contributed by atoms with van der Waals surface area (Å²) in [6.45, 7) is 0. The van der Waals surface area contributed by atoms with Crippen LogP contribution >= 0.6 is 0 Å². The van der Waals surface area contributed by atoms with E-state index in [1.165, 1.54) is 0 Å². The summed E-state index contributed by atoms with van der Waals surface area (Å²) in [6.07, 6.45) is -0.943. The molecule has 1 aromatic rings. The SMILES string of the molecule is O=S1(=O)CC(Oc2ccccc2)CS(=O)(=O)O1. The average molecular weight is 278 g/mol. The lowest BCUT2D eigenvalue weighted by Gasteiger charge is -2.22. The first-order valence-corrected chi connectivity index (χ1v) is 7.90. The van der Waals surface area contributed by atoms with Crippen molar-refractivity contribution in [1.82, 2.24) is 0 Å². The highest BCUT2D eigenvalue weighted by Gasteiger charge is 2.37. The normalized spacial score (nSPS) is 23.1. The molecule has 0 amide bonds. The van der Waals surface area contributed by atoms with Crippen molar-refractivity contribution in [3.63, 3.8) is 0 Å². The topological polar surface area (TPSA) is 86.7 Å². The van der Waals surface area contributed by atoms with E-state index >= 15 is 0 Å². The van der Waals surface area contributed by atoms with Crippen LogP contribution in [0.5, 0.6) is 5.75 Å². The van der Waals surface area contributed by atoms with E-state index in [-0.39, 0.29) is 0 Å². The fraction of sp³-hybridized carbons (Fsp3) is 0.333. The number of hydrogen-bond acceptors (Lipinski definition) is 6. The quantitative estimate of drug-likeness (QED) is 0.764. The Morgan fingerprint density at radius 2 is 1.53 bits per heavy atom. The van der Waals surface area contributed by atoms with Crippen molar-refractivity contribution >= 4 is 20.2 Å².